The van der Waals surface area contributed by atoms with Crippen LogP contribution < -0.4 is 4.90 Å². The van der Waals surface area contributed by atoms with Gasteiger partial charge in [-0.05, 0) is 97.2 Å². The van der Waals surface area contributed by atoms with Crippen LogP contribution in [0.5, 0.6) is 0 Å². The smallest absolute Gasteiger partial charge is 0.137 e. The van der Waals surface area contributed by atoms with Crippen LogP contribution in [-0.2, 0) is 0 Å². The van der Waals surface area contributed by atoms with Crippen LogP contribution in [0.3, 0.4) is 0 Å². The van der Waals surface area contributed by atoms with Crippen LogP contribution >= 0.6 is 0 Å². The fraction of sp³-hybridized carbons (Fsp3) is 0. The Morgan fingerprint density at radius 2 is 0.958 bits per heavy atom. The first-order valence-electron chi connectivity index (χ1n) is 16.4. The molecule has 0 amide bonds. The Balaban J connectivity index is 1.31. The van der Waals surface area contributed by atoms with Crippen molar-refractivity contribution in [2.45, 2.75) is 0 Å². The molecule has 0 spiro atoms. The van der Waals surface area contributed by atoms with Gasteiger partial charge in [-0.15, -0.1) is 0 Å². The first-order valence-corrected chi connectivity index (χ1v) is 16.4. The van der Waals surface area contributed by atoms with E-state index in [1.807, 2.05) is 0 Å². The van der Waals surface area contributed by atoms with Crippen LogP contribution in [0.2, 0.25) is 0 Å². The number of fused-ring (bicyclic) bond motifs is 8. The highest BCUT2D eigenvalue weighted by atomic mass is 16.3. The average Bonchev–Trinajstić information content (AvgIpc) is 3.52. The van der Waals surface area contributed by atoms with Crippen LogP contribution in [0.1, 0.15) is 0 Å². The predicted octanol–water partition coefficient (Wildman–Crippen LogP) is 13.3. The zero-order valence-corrected chi connectivity index (χ0v) is 26.1. The number of hydrogen-bond acceptors (Lipinski definition) is 2. The van der Waals surface area contributed by atoms with Gasteiger partial charge in [-0.1, -0.05) is 127 Å². The van der Waals surface area contributed by atoms with Gasteiger partial charge in [-0.25, -0.2) is 0 Å². The van der Waals surface area contributed by atoms with Gasteiger partial charge in [0.25, 0.3) is 0 Å². The zero-order chi connectivity index (χ0) is 31.6. The number of furan rings is 1. The minimum absolute atomic E-state index is 0.872. The number of hydrogen-bond donors (Lipinski definition) is 0. The largest absolute Gasteiger partial charge is 0.456 e. The van der Waals surface area contributed by atoms with E-state index in [1.54, 1.807) is 0 Å². The van der Waals surface area contributed by atoms with Gasteiger partial charge in [0, 0.05) is 16.6 Å². The summed E-state index contributed by atoms with van der Waals surface area (Å²) in [4.78, 5) is 2.43. The summed E-state index contributed by atoms with van der Waals surface area (Å²) in [5.41, 5.74) is 7.42. The minimum atomic E-state index is 0.872. The van der Waals surface area contributed by atoms with Crippen molar-refractivity contribution in [3.05, 3.63) is 176 Å². The molecule has 0 atom stereocenters. The second-order valence-electron chi connectivity index (χ2n) is 12.5. The molecular weight excluding hydrogens is 583 g/mol. The van der Waals surface area contributed by atoms with Gasteiger partial charge in [-0.3, -0.25) is 0 Å². The Hall–Kier alpha value is -6.38. The molecule has 0 bridgehead atoms. The van der Waals surface area contributed by atoms with E-state index in [0.717, 1.165) is 39.0 Å². The molecule has 1 aromatic heterocycles. The van der Waals surface area contributed by atoms with Crippen molar-refractivity contribution in [3.63, 3.8) is 0 Å². The summed E-state index contributed by atoms with van der Waals surface area (Å²) in [6, 6.07) is 63.4. The van der Waals surface area contributed by atoms with Gasteiger partial charge in [0.2, 0.25) is 0 Å². The van der Waals surface area contributed by atoms with E-state index in [0.29, 0.717) is 0 Å². The van der Waals surface area contributed by atoms with Crippen LogP contribution in [0.25, 0.3) is 76.2 Å². The van der Waals surface area contributed by atoms with Gasteiger partial charge >= 0.3 is 0 Å². The van der Waals surface area contributed by atoms with Crippen molar-refractivity contribution in [1.29, 1.82) is 0 Å². The number of para-hydroxylation sites is 1. The molecule has 0 aliphatic carbocycles. The maximum absolute atomic E-state index is 6.59. The van der Waals surface area contributed by atoms with E-state index in [2.05, 4.69) is 181 Å². The lowest BCUT2D eigenvalue weighted by atomic mass is 9.92. The first kappa shape index (κ1) is 26.8. The number of benzene rings is 9. The second-order valence-corrected chi connectivity index (χ2v) is 12.5. The molecule has 2 heteroatoms. The summed E-state index contributed by atoms with van der Waals surface area (Å²) in [6.07, 6.45) is 0. The molecule has 0 fully saturated rings. The van der Waals surface area contributed by atoms with Crippen LogP contribution in [0, 0.1) is 0 Å². The molecule has 0 N–H and O–H groups in total. The zero-order valence-electron chi connectivity index (χ0n) is 26.1. The molecule has 224 valence electrons. The van der Waals surface area contributed by atoms with Crippen molar-refractivity contribution < 1.29 is 4.42 Å². The summed E-state index contributed by atoms with van der Waals surface area (Å²) in [5.74, 6) is 0. The quantitative estimate of drug-likeness (QED) is 0.184. The molecule has 0 saturated heterocycles. The van der Waals surface area contributed by atoms with Gasteiger partial charge < -0.3 is 9.32 Å². The van der Waals surface area contributed by atoms with Gasteiger partial charge in [0.1, 0.15) is 11.2 Å². The SMILES string of the molecule is c1ccc(N(c2ccc3ccccc3c2)c2cccc3oc4cc5ccccc5cc4c23)c(-c2cc3ccccc3c3ccccc23)c1. The van der Waals surface area contributed by atoms with Gasteiger partial charge in [0.05, 0.1) is 16.8 Å². The summed E-state index contributed by atoms with van der Waals surface area (Å²) in [7, 11) is 0. The fourth-order valence-corrected chi connectivity index (χ4v) is 7.58. The van der Waals surface area contributed by atoms with Crippen LogP contribution in [0.15, 0.2) is 180 Å². The highest BCUT2D eigenvalue weighted by Crippen LogP contribution is 2.48. The second kappa shape index (κ2) is 10.6. The summed E-state index contributed by atoms with van der Waals surface area (Å²) in [5, 5.41) is 12.0. The Morgan fingerprint density at radius 1 is 0.333 bits per heavy atom. The molecule has 48 heavy (non-hydrogen) atoms. The van der Waals surface area contributed by atoms with E-state index in [9.17, 15) is 0 Å². The molecule has 0 unspecified atom stereocenters. The molecule has 0 saturated carbocycles. The molecule has 2 nitrogen and oxygen atoms in total. The molecule has 10 rings (SSSR count). The van der Waals surface area contributed by atoms with E-state index in [4.69, 9.17) is 4.42 Å². The van der Waals surface area contributed by atoms with Crippen molar-refractivity contribution in [2.24, 2.45) is 0 Å². The van der Waals surface area contributed by atoms with E-state index >= 15 is 0 Å². The number of anilines is 3. The monoisotopic (exact) mass is 611 g/mol. The predicted molar refractivity (Wildman–Crippen MR) is 204 cm³/mol. The Morgan fingerprint density at radius 3 is 1.79 bits per heavy atom. The number of nitrogens with zero attached hydrogens (tertiary/aromatic N) is 1. The normalized spacial score (nSPS) is 11.8. The van der Waals surface area contributed by atoms with E-state index < -0.39 is 0 Å². The summed E-state index contributed by atoms with van der Waals surface area (Å²) in [6.45, 7) is 0. The minimum Gasteiger partial charge on any atom is -0.456 e. The summed E-state index contributed by atoms with van der Waals surface area (Å²) < 4.78 is 6.59. The fourth-order valence-electron chi connectivity index (χ4n) is 7.58. The Labute approximate surface area is 277 Å². The molecule has 0 aliphatic rings. The number of rotatable bonds is 4. The standard InChI is InChI=1S/C46H29NO/c1-2-13-31-26-35(25-24-30(31)12-1)47(43-22-11-23-44-46(43)41-27-32-14-3-4-15-33(32)29-45(41)48-44)42-21-10-9-20-39(42)40-28-34-16-5-6-17-36(34)37-18-7-8-19-38(37)40/h1-29H. The molecule has 1 heterocycles. The molecular formula is C46H29NO. The van der Waals surface area contributed by atoms with Crippen molar-refractivity contribution in [2.75, 3.05) is 4.90 Å². The maximum atomic E-state index is 6.59. The third kappa shape index (κ3) is 4.13. The Bertz CT molecular complexity index is 2860. The Kier molecular flexibility index (Phi) is 5.91. The molecule has 0 radical (unpaired) electrons. The molecule has 10 aromatic rings. The first-order chi connectivity index (χ1) is 23.8. The van der Waals surface area contributed by atoms with Crippen molar-refractivity contribution in [3.8, 4) is 11.1 Å². The topological polar surface area (TPSA) is 16.4 Å². The highest BCUT2D eigenvalue weighted by Gasteiger charge is 2.23. The lowest BCUT2D eigenvalue weighted by Crippen LogP contribution is -2.11. The molecule has 0 aliphatic heterocycles. The summed E-state index contributed by atoms with van der Waals surface area (Å²) >= 11 is 0. The van der Waals surface area contributed by atoms with Crippen LogP contribution in [-0.4, -0.2) is 0 Å². The van der Waals surface area contributed by atoms with Crippen molar-refractivity contribution >= 4 is 82.1 Å². The third-order valence-corrected chi connectivity index (χ3v) is 9.78. The van der Waals surface area contributed by atoms with Crippen LogP contribution in [0.4, 0.5) is 17.1 Å². The lowest BCUT2D eigenvalue weighted by molar-refractivity contribution is 0.669. The van der Waals surface area contributed by atoms with Gasteiger partial charge in [-0.2, -0.15) is 0 Å². The lowest BCUT2D eigenvalue weighted by Gasteiger charge is -2.29. The third-order valence-electron chi connectivity index (χ3n) is 9.78. The highest BCUT2D eigenvalue weighted by molar-refractivity contribution is 6.18. The van der Waals surface area contributed by atoms with E-state index in [-0.39, 0.29) is 0 Å². The average molecular weight is 612 g/mol. The van der Waals surface area contributed by atoms with Crippen molar-refractivity contribution in [1.82, 2.24) is 0 Å². The van der Waals surface area contributed by atoms with Gasteiger partial charge in [0.15, 0.2) is 0 Å². The molecule has 9 aromatic carbocycles. The maximum Gasteiger partial charge on any atom is 0.137 e. The van der Waals surface area contributed by atoms with E-state index in [1.165, 1.54) is 54.2 Å².